The molecule has 0 fully saturated rings. The van der Waals surface area contributed by atoms with Crippen molar-refractivity contribution in [2.75, 3.05) is 11.9 Å². The SMILES string of the molecule is Cn1nccc1C(=O)NCC(C)(C)CCCBr. The normalized spacial score (nSPS) is 11.5. The van der Waals surface area contributed by atoms with Gasteiger partial charge in [0.05, 0.1) is 0 Å². The summed E-state index contributed by atoms with van der Waals surface area (Å²) < 4.78 is 1.58. The minimum atomic E-state index is -0.0584. The molecule has 1 aromatic heterocycles. The van der Waals surface area contributed by atoms with Gasteiger partial charge in [0, 0.05) is 25.1 Å². The van der Waals surface area contributed by atoms with Crippen LogP contribution in [0.25, 0.3) is 0 Å². The molecule has 0 aliphatic rings. The van der Waals surface area contributed by atoms with Gasteiger partial charge in [0.25, 0.3) is 5.91 Å². The molecule has 0 aliphatic carbocycles. The first-order chi connectivity index (χ1) is 7.96. The zero-order valence-corrected chi connectivity index (χ0v) is 12.2. The third kappa shape index (κ3) is 4.50. The van der Waals surface area contributed by atoms with E-state index < -0.39 is 0 Å². The fraction of sp³-hybridized carbons (Fsp3) is 0.667. The largest absolute Gasteiger partial charge is 0.350 e. The predicted molar refractivity (Wildman–Crippen MR) is 72.4 cm³/mol. The van der Waals surface area contributed by atoms with Crippen LogP contribution in [-0.4, -0.2) is 27.6 Å². The topological polar surface area (TPSA) is 46.9 Å². The second-order valence-electron chi connectivity index (χ2n) is 4.98. The quantitative estimate of drug-likeness (QED) is 0.820. The number of alkyl halides is 1. The van der Waals surface area contributed by atoms with E-state index in [1.807, 2.05) is 0 Å². The summed E-state index contributed by atoms with van der Waals surface area (Å²) in [4.78, 5) is 11.9. The predicted octanol–water partition coefficient (Wildman–Crippen LogP) is 2.35. The zero-order chi connectivity index (χ0) is 12.9. The zero-order valence-electron chi connectivity index (χ0n) is 10.7. The van der Waals surface area contributed by atoms with Crippen LogP contribution in [0.2, 0.25) is 0 Å². The number of hydrogen-bond acceptors (Lipinski definition) is 2. The van der Waals surface area contributed by atoms with Gasteiger partial charge < -0.3 is 5.32 Å². The molecular formula is C12H20BrN3O. The monoisotopic (exact) mass is 301 g/mol. The van der Waals surface area contributed by atoms with Gasteiger partial charge in [0.2, 0.25) is 0 Å². The molecule has 96 valence electrons. The van der Waals surface area contributed by atoms with Gasteiger partial charge in [-0.2, -0.15) is 5.10 Å². The van der Waals surface area contributed by atoms with Gasteiger partial charge in [0.1, 0.15) is 5.69 Å². The lowest BCUT2D eigenvalue weighted by Gasteiger charge is -2.24. The number of carbonyl (C=O) groups is 1. The van der Waals surface area contributed by atoms with Crippen LogP contribution in [0.3, 0.4) is 0 Å². The standard InChI is InChI=1S/C12H20BrN3O/c1-12(2,6-4-7-13)9-14-11(17)10-5-8-15-16(10)3/h5,8H,4,6-7,9H2,1-3H3,(H,14,17). The molecule has 0 atom stereocenters. The van der Waals surface area contributed by atoms with Crippen LogP contribution in [0.15, 0.2) is 12.3 Å². The molecule has 1 aromatic rings. The van der Waals surface area contributed by atoms with E-state index in [2.05, 4.69) is 40.2 Å². The van der Waals surface area contributed by atoms with Crippen LogP contribution in [0.1, 0.15) is 37.2 Å². The van der Waals surface area contributed by atoms with E-state index in [4.69, 9.17) is 0 Å². The molecule has 0 saturated carbocycles. The molecule has 5 heteroatoms. The Morgan fingerprint density at radius 3 is 2.82 bits per heavy atom. The molecule has 0 aliphatic heterocycles. The number of aryl methyl sites for hydroxylation is 1. The molecule has 1 amide bonds. The first kappa shape index (κ1) is 14.2. The minimum absolute atomic E-state index is 0.0584. The maximum Gasteiger partial charge on any atom is 0.269 e. The van der Waals surface area contributed by atoms with E-state index in [1.165, 1.54) is 0 Å². The van der Waals surface area contributed by atoms with E-state index in [9.17, 15) is 4.79 Å². The number of aromatic nitrogens is 2. The number of hydrogen-bond donors (Lipinski definition) is 1. The second-order valence-corrected chi connectivity index (χ2v) is 5.77. The van der Waals surface area contributed by atoms with Crippen molar-refractivity contribution in [3.05, 3.63) is 18.0 Å². The molecule has 4 nitrogen and oxygen atoms in total. The Balaban J connectivity index is 2.45. The molecule has 0 aromatic carbocycles. The van der Waals surface area contributed by atoms with Crippen LogP contribution < -0.4 is 5.32 Å². The summed E-state index contributed by atoms with van der Waals surface area (Å²) in [7, 11) is 1.77. The highest BCUT2D eigenvalue weighted by Crippen LogP contribution is 2.21. The van der Waals surface area contributed by atoms with Crippen molar-refractivity contribution < 1.29 is 4.79 Å². The van der Waals surface area contributed by atoms with Gasteiger partial charge in [0.15, 0.2) is 0 Å². The fourth-order valence-electron chi connectivity index (χ4n) is 1.64. The number of nitrogens with one attached hydrogen (secondary N) is 1. The molecule has 1 rings (SSSR count). The van der Waals surface area contributed by atoms with Crippen LogP contribution in [0.4, 0.5) is 0 Å². The van der Waals surface area contributed by atoms with Crippen LogP contribution >= 0.6 is 15.9 Å². The first-order valence-corrected chi connectivity index (χ1v) is 6.90. The Morgan fingerprint density at radius 2 is 2.29 bits per heavy atom. The average molecular weight is 302 g/mol. The van der Waals surface area contributed by atoms with Crippen LogP contribution in [-0.2, 0) is 7.05 Å². The number of amides is 1. The summed E-state index contributed by atoms with van der Waals surface area (Å²) in [6.07, 6.45) is 3.84. The Morgan fingerprint density at radius 1 is 1.59 bits per heavy atom. The van der Waals surface area contributed by atoms with Crippen molar-refractivity contribution in [1.82, 2.24) is 15.1 Å². The van der Waals surface area contributed by atoms with Gasteiger partial charge in [-0.1, -0.05) is 29.8 Å². The lowest BCUT2D eigenvalue weighted by Crippen LogP contribution is -2.35. The van der Waals surface area contributed by atoms with E-state index >= 15 is 0 Å². The molecule has 0 bridgehead atoms. The smallest absolute Gasteiger partial charge is 0.269 e. The summed E-state index contributed by atoms with van der Waals surface area (Å²) in [5.41, 5.74) is 0.725. The molecule has 0 radical (unpaired) electrons. The fourth-order valence-corrected chi connectivity index (χ4v) is 1.92. The summed E-state index contributed by atoms with van der Waals surface area (Å²) in [6, 6.07) is 1.72. The average Bonchev–Trinajstić information content (AvgIpc) is 2.70. The van der Waals surface area contributed by atoms with Gasteiger partial charge in [-0.05, 0) is 24.3 Å². The molecule has 1 heterocycles. The summed E-state index contributed by atoms with van der Waals surface area (Å²) in [5, 5.41) is 7.95. The maximum absolute atomic E-state index is 11.9. The van der Waals surface area contributed by atoms with Crippen LogP contribution in [0, 0.1) is 5.41 Å². The highest BCUT2D eigenvalue weighted by molar-refractivity contribution is 9.09. The summed E-state index contributed by atoms with van der Waals surface area (Å²) in [5.74, 6) is -0.0584. The van der Waals surface area contributed by atoms with Gasteiger partial charge >= 0.3 is 0 Å². The number of halogens is 1. The van der Waals surface area contributed by atoms with Gasteiger partial charge in [-0.15, -0.1) is 0 Å². The number of rotatable bonds is 6. The van der Waals surface area contributed by atoms with Crippen molar-refractivity contribution in [2.24, 2.45) is 12.5 Å². The molecule has 17 heavy (non-hydrogen) atoms. The number of nitrogens with zero attached hydrogens (tertiary/aromatic N) is 2. The van der Waals surface area contributed by atoms with E-state index in [0.717, 1.165) is 18.2 Å². The van der Waals surface area contributed by atoms with Crippen molar-refractivity contribution in [3.63, 3.8) is 0 Å². The summed E-state index contributed by atoms with van der Waals surface area (Å²) >= 11 is 3.42. The van der Waals surface area contributed by atoms with Crippen LogP contribution in [0.5, 0.6) is 0 Å². The Hall–Kier alpha value is -0.840. The Bertz CT molecular complexity index is 374. The minimum Gasteiger partial charge on any atom is -0.350 e. The first-order valence-electron chi connectivity index (χ1n) is 5.78. The van der Waals surface area contributed by atoms with Crippen molar-refractivity contribution >= 4 is 21.8 Å². The third-order valence-electron chi connectivity index (χ3n) is 2.77. The summed E-state index contributed by atoms with van der Waals surface area (Å²) in [6.45, 7) is 5.02. The maximum atomic E-state index is 11.9. The molecule has 1 N–H and O–H groups in total. The Labute approximate surface area is 111 Å². The lowest BCUT2D eigenvalue weighted by atomic mass is 9.88. The van der Waals surface area contributed by atoms with Gasteiger partial charge in [-0.3, -0.25) is 9.48 Å². The Kier molecular flexibility index (Phi) is 5.18. The molecule has 0 unspecified atom stereocenters. The van der Waals surface area contributed by atoms with Gasteiger partial charge in [-0.25, -0.2) is 0 Å². The second kappa shape index (κ2) is 6.19. The molecular weight excluding hydrogens is 282 g/mol. The number of carbonyl (C=O) groups excluding carboxylic acids is 1. The third-order valence-corrected chi connectivity index (χ3v) is 3.33. The van der Waals surface area contributed by atoms with E-state index in [1.54, 1.807) is 24.0 Å². The van der Waals surface area contributed by atoms with E-state index in [-0.39, 0.29) is 11.3 Å². The highest BCUT2D eigenvalue weighted by Gasteiger charge is 2.19. The van der Waals surface area contributed by atoms with E-state index in [0.29, 0.717) is 12.2 Å². The van der Waals surface area contributed by atoms with Crippen molar-refractivity contribution in [2.45, 2.75) is 26.7 Å². The highest BCUT2D eigenvalue weighted by atomic mass is 79.9. The van der Waals surface area contributed by atoms with Crippen molar-refractivity contribution in [3.8, 4) is 0 Å². The molecule has 0 spiro atoms. The lowest BCUT2D eigenvalue weighted by molar-refractivity contribution is 0.0925. The van der Waals surface area contributed by atoms with Crippen molar-refractivity contribution in [1.29, 1.82) is 0 Å². The molecule has 0 saturated heterocycles.